The number of halogens is 3. The van der Waals surface area contributed by atoms with E-state index in [0.29, 0.717) is 12.1 Å². The number of rotatable bonds is 5. The molecule has 0 spiro atoms. The van der Waals surface area contributed by atoms with Crippen molar-refractivity contribution < 1.29 is 27.9 Å². The smallest absolute Gasteiger partial charge is 0.308 e. The molecule has 0 aliphatic rings. The molecule has 0 aliphatic heterocycles. The third-order valence-electron chi connectivity index (χ3n) is 2.82. The van der Waals surface area contributed by atoms with Gasteiger partial charge in [0.05, 0.1) is 5.92 Å². The van der Waals surface area contributed by atoms with Gasteiger partial charge in [-0.15, -0.1) is 0 Å². The number of amides is 1. The maximum atomic E-state index is 13.1. The minimum absolute atomic E-state index is 0.106. The van der Waals surface area contributed by atoms with Crippen molar-refractivity contribution in [1.82, 2.24) is 4.90 Å². The van der Waals surface area contributed by atoms with Gasteiger partial charge < -0.3 is 10.0 Å². The molecule has 1 aromatic carbocycles. The van der Waals surface area contributed by atoms with Crippen molar-refractivity contribution in [3.63, 3.8) is 0 Å². The molecule has 0 heterocycles. The third-order valence-corrected chi connectivity index (χ3v) is 2.82. The van der Waals surface area contributed by atoms with Gasteiger partial charge in [-0.3, -0.25) is 9.59 Å². The van der Waals surface area contributed by atoms with Crippen LogP contribution >= 0.6 is 0 Å². The van der Waals surface area contributed by atoms with Gasteiger partial charge in [0, 0.05) is 18.7 Å². The minimum atomic E-state index is -1.65. The molecule has 0 fully saturated rings. The van der Waals surface area contributed by atoms with Crippen molar-refractivity contribution in [2.45, 2.75) is 13.8 Å². The van der Waals surface area contributed by atoms with Crippen LogP contribution in [0.4, 0.5) is 13.2 Å². The van der Waals surface area contributed by atoms with Crippen LogP contribution in [0.5, 0.6) is 0 Å². The lowest BCUT2D eigenvalue weighted by atomic mass is 10.1. The summed E-state index contributed by atoms with van der Waals surface area (Å²) in [6.07, 6.45) is 0. The molecule has 7 heteroatoms. The van der Waals surface area contributed by atoms with E-state index >= 15 is 0 Å². The molecule has 0 aromatic heterocycles. The van der Waals surface area contributed by atoms with E-state index in [1.807, 2.05) is 0 Å². The fraction of sp³-hybridized carbons (Fsp3) is 0.385. The van der Waals surface area contributed by atoms with Gasteiger partial charge in [0.25, 0.3) is 5.91 Å². The number of benzene rings is 1. The normalized spacial score (nSPS) is 12.1. The Morgan fingerprint density at radius 2 is 1.75 bits per heavy atom. The zero-order chi connectivity index (χ0) is 15.4. The number of aliphatic carboxylic acids is 1. The highest BCUT2D eigenvalue weighted by molar-refractivity contribution is 5.94. The number of carbonyl (C=O) groups is 2. The van der Waals surface area contributed by atoms with Crippen LogP contribution in [0.3, 0.4) is 0 Å². The maximum absolute atomic E-state index is 13.1. The van der Waals surface area contributed by atoms with Crippen molar-refractivity contribution in [1.29, 1.82) is 0 Å². The molecule has 1 rings (SSSR count). The second-order valence-electron chi connectivity index (χ2n) is 4.34. The molecule has 0 radical (unpaired) electrons. The van der Waals surface area contributed by atoms with Crippen LogP contribution in [0.2, 0.25) is 0 Å². The van der Waals surface area contributed by atoms with Crippen LogP contribution in [-0.2, 0) is 4.79 Å². The Balaban J connectivity index is 3.00. The topological polar surface area (TPSA) is 57.6 Å². The highest BCUT2D eigenvalue weighted by Gasteiger charge is 2.22. The summed E-state index contributed by atoms with van der Waals surface area (Å²) in [5.41, 5.74) is -0.360. The van der Waals surface area contributed by atoms with E-state index in [4.69, 9.17) is 5.11 Å². The average Bonchev–Trinajstić information content (AvgIpc) is 2.40. The second kappa shape index (κ2) is 6.40. The SMILES string of the molecule is CCN(CC(C)C(=O)O)C(=O)c1cc(F)c(F)c(F)c1. The summed E-state index contributed by atoms with van der Waals surface area (Å²) < 4.78 is 39.0. The van der Waals surface area contributed by atoms with Crippen LogP contribution in [0, 0.1) is 23.4 Å². The predicted octanol–water partition coefficient (Wildman–Crippen LogP) is 2.29. The largest absolute Gasteiger partial charge is 0.481 e. The van der Waals surface area contributed by atoms with Crippen molar-refractivity contribution in [3.05, 3.63) is 35.1 Å². The number of hydrogen-bond donors (Lipinski definition) is 1. The highest BCUT2D eigenvalue weighted by atomic mass is 19.2. The standard InChI is InChI=1S/C13H14F3NO3/c1-3-17(6-7(2)13(19)20)12(18)8-4-9(14)11(16)10(15)5-8/h4-5,7H,3,6H2,1-2H3,(H,19,20). The number of carboxylic acid groups (broad SMARTS) is 1. The first-order valence-electron chi connectivity index (χ1n) is 5.94. The van der Waals surface area contributed by atoms with E-state index in [-0.39, 0.29) is 18.7 Å². The zero-order valence-electron chi connectivity index (χ0n) is 11.0. The minimum Gasteiger partial charge on any atom is -0.481 e. The van der Waals surface area contributed by atoms with E-state index in [1.54, 1.807) is 6.92 Å². The first-order valence-corrected chi connectivity index (χ1v) is 5.94. The molecule has 1 N–H and O–H groups in total. The van der Waals surface area contributed by atoms with Gasteiger partial charge in [-0.1, -0.05) is 6.92 Å². The molecule has 1 amide bonds. The summed E-state index contributed by atoms with van der Waals surface area (Å²) in [5.74, 6) is -7.24. The molecule has 20 heavy (non-hydrogen) atoms. The molecule has 0 bridgehead atoms. The van der Waals surface area contributed by atoms with Crippen LogP contribution in [0.25, 0.3) is 0 Å². The maximum Gasteiger partial charge on any atom is 0.308 e. The molecule has 1 atom stereocenters. The fourth-order valence-electron chi connectivity index (χ4n) is 1.63. The third kappa shape index (κ3) is 3.49. The molecule has 110 valence electrons. The fourth-order valence-corrected chi connectivity index (χ4v) is 1.63. The van der Waals surface area contributed by atoms with Crippen molar-refractivity contribution >= 4 is 11.9 Å². The number of carbonyl (C=O) groups excluding carboxylic acids is 1. The molecule has 1 aromatic rings. The van der Waals surface area contributed by atoms with Gasteiger partial charge in [0.1, 0.15) is 0 Å². The summed E-state index contributed by atoms with van der Waals surface area (Å²) in [7, 11) is 0. The van der Waals surface area contributed by atoms with Crippen LogP contribution < -0.4 is 0 Å². The second-order valence-corrected chi connectivity index (χ2v) is 4.34. The lowest BCUT2D eigenvalue weighted by Crippen LogP contribution is -2.36. The summed E-state index contributed by atoms with van der Waals surface area (Å²) >= 11 is 0. The van der Waals surface area contributed by atoms with Gasteiger partial charge in [-0.2, -0.15) is 0 Å². The molecule has 1 unspecified atom stereocenters. The van der Waals surface area contributed by atoms with Gasteiger partial charge in [-0.05, 0) is 19.1 Å². The summed E-state index contributed by atoms with van der Waals surface area (Å²) in [4.78, 5) is 23.9. The van der Waals surface area contributed by atoms with Crippen LogP contribution in [0.1, 0.15) is 24.2 Å². The van der Waals surface area contributed by atoms with E-state index in [2.05, 4.69) is 0 Å². The first kappa shape index (κ1) is 16.0. The molecular weight excluding hydrogens is 275 g/mol. The summed E-state index contributed by atoms with van der Waals surface area (Å²) in [5, 5.41) is 8.80. The highest BCUT2D eigenvalue weighted by Crippen LogP contribution is 2.16. The summed E-state index contributed by atoms with van der Waals surface area (Å²) in [6.45, 7) is 3.06. The van der Waals surface area contributed by atoms with E-state index in [0.717, 1.165) is 4.90 Å². The van der Waals surface area contributed by atoms with Gasteiger partial charge in [0.2, 0.25) is 0 Å². The molecule has 0 saturated carbocycles. The number of nitrogens with zero attached hydrogens (tertiary/aromatic N) is 1. The molecule has 0 saturated heterocycles. The quantitative estimate of drug-likeness (QED) is 0.846. The Morgan fingerprint density at radius 3 is 2.15 bits per heavy atom. The first-order chi connectivity index (χ1) is 9.27. The van der Waals surface area contributed by atoms with E-state index in [1.165, 1.54) is 6.92 Å². The number of hydrogen-bond acceptors (Lipinski definition) is 2. The van der Waals surface area contributed by atoms with Crippen LogP contribution in [-0.4, -0.2) is 35.0 Å². The Kier molecular flexibility index (Phi) is 5.12. The monoisotopic (exact) mass is 289 g/mol. The molecule has 4 nitrogen and oxygen atoms in total. The van der Waals surface area contributed by atoms with Gasteiger partial charge in [-0.25, -0.2) is 13.2 Å². The Bertz CT molecular complexity index is 511. The van der Waals surface area contributed by atoms with Gasteiger partial charge in [0.15, 0.2) is 17.5 Å². The zero-order valence-corrected chi connectivity index (χ0v) is 11.0. The average molecular weight is 289 g/mol. The molecule has 0 aliphatic carbocycles. The van der Waals surface area contributed by atoms with E-state index < -0.39 is 35.2 Å². The Hall–Kier alpha value is -2.05. The van der Waals surface area contributed by atoms with Crippen molar-refractivity contribution in [2.75, 3.05) is 13.1 Å². The number of carboxylic acids is 1. The van der Waals surface area contributed by atoms with E-state index in [9.17, 15) is 22.8 Å². The lowest BCUT2D eigenvalue weighted by Gasteiger charge is -2.23. The summed E-state index contributed by atoms with van der Waals surface area (Å²) in [6, 6.07) is 1.18. The Morgan fingerprint density at radius 1 is 1.25 bits per heavy atom. The van der Waals surface area contributed by atoms with Crippen molar-refractivity contribution in [3.8, 4) is 0 Å². The Labute approximate surface area is 113 Å². The van der Waals surface area contributed by atoms with Crippen LogP contribution in [0.15, 0.2) is 12.1 Å². The predicted molar refractivity (Wildman–Crippen MR) is 64.7 cm³/mol. The lowest BCUT2D eigenvalue weighted by molar-refractivity contribution is -0.141. The van der Waals surface area contributed by atoms with Gasteiger partial charge >= 0.3 is 5.97 Å². The molecular formula is C13H14F3NO3. The van der Waals surface area contributed by atoms with Crippen molar-refractivity contribution in [2.24, 2.45) is 5.92 Å².